The number of hydrogen-bond acceptors (Lipinski definition) is 5. The van der Waals surface area contributed by atoms with Gasteiger partial charge in [0.1, 0.15) is 12.0 Å². The molecule has 2 bridgehead atoms. The average molecular weight is 463 g/mol. The minimum atomic E-state index is -4.85. The van der Waals surface area contributed by atoms with E-state index in [9.17, 15) is 27.5 Å². The molecule has 0 radical (unpaired) electrons. The number of nitrogens with zero attached hydrogens (tertiary/aromatic N) is 3. The molecule has 0 saturated heterocycles. The maximum atomic E-state index is 14.9. The van der Waals surface area contributed by atoms with Gasteiger partial charge in [-0.15, -0.1) is 0 Å². The van der Waals surface area contributed by atoms with Crippen LogP contribution in [0.15, 0.2) is 24.8 Å². The number of pyridine rings is 1. The molecule has 5 rings (SSSR count). The van der Waals surface area contributed by atoms with Gasteiger partial charge >= 0.3 is 12.1 Å². The van der Waals surface area contributed by atoms with Crippen LogP contribution in [0.2, 0.25) is 0 Å². The molecule has 174 valence electrons. The lowest BCUT2D eigenvalue weighted by Gasteiger charge is -2.43. The van der Waals surface area contributed by atoms with Gasteiger partial charge in [0.2, 0.25) is 0 Å². The quantitative estimate of drug-likeness (QED) is 0.477. The minimum Gasteiger partial charge on any atom is -0.481 e. The standard InChI is InChI=1S/C22H21F4N5O2/c23-15-6-14(22(24,25)26)18(12-8-28-19-13(12)7-27-9-29-19)31-20(15)30-16-5-10-2-1-3-11(4-10)17(16)21(32)33/h6-11,16-17H,1-5H2,(H,30,31)(H,32,33)(H,27,28,29)/t10?,11?,16-,17-/m0/s1. The molecule has 2 saturated carbocycles. The highest BCUT2D eigenvalue weighted by atomic mass is 19.4. The summed E-state index contributed by atoms with van der Waals surface area (Å²) in [5.41, 5.74) is -1.31. The van der Waals surface area contributed by atoms with E-state index in [1.807, 2.05) is 0 Å². The Hall–Kier alpha value is -3.24. The number of carboxylic acid groups (broad SMARTS) is 1. The predicted octanol–water partition coefficient (Wildman–Crippen LogP) is 4.87. The third kappa shape index (κ3) is 3.89. The first-order valence-corrected chi connectivity index (χ1v) is 10.8. The molecule has 3 N–H and O–H groups in total. The highest BCUT2D eigenvalue weighted by molar-refractivity contribution is 5.93. The maximum Gasteiger partial charge on any atom is 0.418 e. The first kappa shape index (κ1) is 21.6. The van der Waals surface area contributed by atoms with Gasteiger partial charge in [0, 0.05) is 29.4 Å². The van der Waals surface area contributed by atoms with Gasteiger partial charge in [0.05, 0.1) is 17.2 Å². The van der Waals surface area contributed by atoms with E-state index in [4.69, 9.17) is 0 Å². The second-order valence-corrected chi connectivity index (χ2v) is 8.84. The summed E-state index contributed by atoms with van der Waals surface area (Å²) in [5.74, 6) is -3.05. The molecular weight excluding hydrogens is 442 g/mol. The van der Waals surface area contributed by atoms with Crippen molar-refractivity contribution in [2.45, 2.75) is 44.3 Å². The van der Waals surface area contributed by atoms with Gasteiger partial charge < -0.3 is 15.4 Å². The fraction of sp³-hybridized carbons (Fsp3) is 0.455. The Morgan fingerprint density at radius 2 is 2.06 bits per heavy atom. The summed E-state index contributed by atoms with van der Waals surface area (Å²) in [6, 6.07) is -0.211. The lowest BCUT2D eigenvalue weighted by molar-refractivity contribution is -0.146. The predicted molar refractivity (Wildman–Crippen MR) is 111 cm³/mol. The Kier molecular flexibility index (Phi) is 5.21. The molecule has 2 fully saturated rings. The highest BCUT2D eigenvalue weighted by Gasteiger charge is 2.44. The molecule has 3 heterocycles. The van der Waals surface area contributed by atoms with Crippen LogP contribution in [0.4, 0.5) is 23.4 Å². The Morgan fingerprint density at radius 1 is 1.24 bits per heavy atom. The molecule has 0 amide bonds. The van der Waals surface area contributed by atoms with Crippen LogP contribution < -0.4 is 5.32 Å². The zero-order valence-corrected chi connectivity index (χ0v) is 17.4. The van der Waals surface area contributed by atoms with Gasteiger partial charge in [0.25, 0.3) is 0 Å². The molecule has 11 heteroatoms. The van der Waals surface area contributed by atoms with Gasteiger partial charge in [-0.05, 0) is 37.2 Å². The van der Waals surface area contributed by atoms with Crippen molar-refractivity contribution in [2.24, 2.45) is 17.8 Å². The van der Waals surface area contributed by atoms with Gasteiger partial charge in [-0.1, -0.05) is 12.8 Å². The fourth-order valence-corrected chi connectivity index (χ4v) is 5.47. The Labute approximate surface area is 185 Å². The summed E-state index contributed by atoms with van der Waals surface area (Å²) in [4.78, 5) is 26.7. The summed E-state index contributed by atoms with van der Waals surface area (Å²) >= 11 is 0. The third-order valence-electron chi connectivity index (χ3n) is 6.85. The smallest absolute Gasteiger partial charge is 0.418 e. The van der Waals surface area contributed by atoms with E-state index in [1.54, 1.807) is 0 Å². The Bertz CT molecular complexity index is 1210. The van der Waals surface area contributed by atoms with Crippen LogP contribution in [0.1, 0.15) is 37.7 Å². The van der Waals surface area contributed by atoms with Crippen molar-refractivity contribution >= 4 is 22.8 Å². The van der Waals surface area contributed by atoms with E-state index in [0.717, 1.165) is 25.7 Å². The minimum absolute atomic E-state index is 0.0461. The SMILES string of the molecule is O=C(O)[C@H]1C2CCCC(C2)C[C@@H]1Nc1nc(-c2c[nH]c3ncncc23)c(C(F)(F)F)cc1F. The zero-order valence-electron chi connectivity index (χ0n) is 17.4. The lowest BCUT2D eigenvalue weighted by atomic mass is 9.64. The number of aromatic amines is 1. The van der Waals surface area contributed by atoms with Gasteiger partial charge in [-0.3, -0.25) is 4.79 Å². The van der Waals surface area contributed by atoms with Crippen LogP contribution in [0.5, 0.6) is 0 Å². The summed E-state index contributed by atoms with van der Waals surface area (Å²) in [6.45, 7) is 0. The van der Waals surface area contributed by atoms with Crippen LogP contribution in [-0.4, -0.2) is 37.1 Å². The van der Waals surface area contributed by atoms with Crippen molar-refractivity contribution in [3.8, 4) is 11.3 Å². The highest BCUT2D eigenvalue weighted by Crippen LogP contribution is 2.45. The zero-order chi connectivity index (χ0) is 23.3. The molecule has 0 aromatic carbocycles. The molecule has 2 aliphatic rings. The molecule has 4 atom stereocenters. The summed E-state index contributed by atoms with van der Waals surface area (Å²) < 4.78 is 56.2. The number of aliphatic carboxylic acids is 1. The number of carboxylic acids is 1. The number of aromatic nitrogens is 4. The first-order valence-electron chi connectivity index (χ1n) is 10.8. The number of fused-ring (bicyclic) bond motifs is 3. The van der Waals surface area contributed by atoms with Crippen molar-refractivity contribution in [2.75, 3.05) is 5.32 Å². The van der Waals surface area contributed by atoms with Crippen molar-refractivity contribution < 1.29 is 27.5 Å². The topological polar surface area (TPSA) is 104 Å². The first-order chi connectivity index (χ1) is 15.7. The van der Waals surface area contributed by atoms with E-state index in [0.29, 0.717) is 29.4 Å². The molecule has 3 aromatic rings. The number of anilines is 1. The molecule has 7 nitrogen and oxygen atoms in total. The third-order valence-corrected chi connectivity index (χ3v) is 6.85. The molecule has 0 aliphatic heterocycles. The summed E-state index contributed by atoms with van der Waals surface area (Å²) in [5, 5.41) is 13.0. The molecular formula is C22H21F4N5O2. The van der Waals surface area contributed by atoms with E-state index < -0.39 is 41.2 Å². The van der Waals surface area contributed by atoms with E-state index in [1.165, 1.54) is 18.7 Å². The average Bonchev–Trinajstić information content (AvgIpc) is 3.18. The largest absolute Gasteiger partial charge is 0.481 e. The van der Waals surface area contributed by atoms with Gasteiger partial charge in [-0.25, -0.2) is 19.3 Å². The number of H-pyrrole nitrogens is 1. The van der Waals surface area contributed by atoms with Crippen molar-refractivity contribution in [3.05, 3.63) is 36.2 Å². The van der Waals surface area contributed by atoms with E-state index in [-0.39, 0.29) is 17.3 Å². The molecule has 33 heavy (non-hydrogen) atoms. The second kappa shape index (κ2) is 7.96. The molecule has 2 unspecified atom stereocenters. The monoisotopic (exact) mass is 463 g/mol. The maximum absolute atomic E-state index is 14.9. The number of nitrogens with one attached hydrogen (secondary N) is 2. The van der Waals surface area contributed by atoms with Crippen molar-refractivity contribution in [1.29, 1.82) is 0 Å². The lowest BCUT2D eigenvalue weighted by Crippen LogP contribution is -2.47. The van der Waals surface area contributed by atoms with Gasteiger partial charge in [0.15, 0.2) is 11.6 Å². The number of carbonyl (C=O) groups is 1. The number of halogens is 4. The van der Waals surface area contributed by atoms with E-state index in [2.05, 4.69) is 25.3 Å². The molecule has 2 aliphatic carbocycles. The molecule has 0 spiro atoms. The van der Waals surface area contributed by atoms with Crippen LogP contribution in [0.25, 0.3) is 22.3 Å². The Balaban J connectivity index is 1.59. The van der Waals surface area contributed by atoms with Crippen LogP contribution in [-0.2, 0) is 11.0 Å². The normalized spacial score (nSPS) is 25.2. The summed E-state index contributed by atoms with van der Waals surface area (Å²) in [7, 11) is 0. The van der Waals surface area contributed by atoms with Crippen LogP contribution >= 0.6 is 0 Å². The fourth-order valence-electron chi connectivity index (χ4n) is 5.47. The number of alkyl halides is 3. The van der Waals surface area contributed by atoms with Crippen molar-refractivity contribution in [1.82, 2.24) is 19.9 Å². The number of hydrogen-bond donors (Lipinski definition) is 3. The van der Waals surface area contributed by atoms with Crippen molar-refractivity contribution in [3.63, 3.8) is 0 Å². The molecule has 3 aromatic heterocycles. The number of rotatable bonds is 4. The van der Waals surface area contributed by atoms with Gasteiger partial charge in [-0.2, -0.15) is 13.2 Å². The summed E-state index contributed by atoms with van der Waals surface area (Å²) in [6.07, 6.45) is 3.07. The second-order valence-electron chi connectivity index (χ2n) is 8.84. The van der Waals surface area contributed by atoms with Crippen LogP contribution in [0, 0.1) is 23.6 Å². The van der Waals surface area contributed by atoms with E-state index >= 15 is 0 Å². The Morgan fingerprint density at radius 3 is 2.82 bits per heavy atom. The van der Waals surface area contributed by atoms with Crippen LogP contribution in [0.3, 0.4) is 0 Å².